The summed E-state index contributed by atoms with van der Waals surface area (Å²) in [6, 6.07) is 0. The van der Waals surface area contributed by atoms with Crippen LogP contribution in [0, 0.1) is 0 Å². The first-order valence-electron chi connectivity index (χ1n) is 10.5. The van der Waals surface area contributed by atoms with Crippen molar-refractivity contribution in [1.29, 1.82) is 0 Å². The van der Waals surface area contributed by atoms with Crippen LogP contribution in [0.25, 0.3) is 0 Å². The third-order valence-corrected chi connectivity index (χ3v) is 4.45. The number of alkyl halides is 2. The summed E-state index contributed by atoms with van der Waals surface area (Å²) in [4.78, 5) is 4.87. The lowest BCUT2D eigenvalue weighted by Crippen LogP contribution is -2.47. The second-order valence-electron chi connectivity index (χ2n) is 9.66. The van der Waals surface area contributed by atoms with E-state index < -0.39 is 24.7 Å². The number of hydrogen-bond acceptors (Lipinski definition) is 5. The molecule has 0 aromatic carbocycles. The number of nitrogens with zero attached hydrogens (tertiary/aromatic N) is 2. The zero-order chi connectivity index (χ0) is 21.3. The second kappa shape index (κ2) is 11.7. The van der Waals surface area contributed by atoms with Crippen LogP contribution in [0.3, 0.4) is 0 Å². The largest absolute Gasteiger partial charge is 0.375 e. The molecular weight excluding hydrogens is 366 g/mol. The van der Waals surface area contributed by atoms with Crippen molar-refractivity contribution >= 4 is 0 Å². The number of hydrogen-bond donors (Lipinski definition) is 0. The van der Waals surface area contributed by atoms with Crippen molar-refractivity contribution in [1.82, 2.24) is 9.80 Å². The first-order valence-corrected chi connectivity index (χ1v) is 10.5. The summed E-state index contributed by atoms with van der Waals surface area (Å²) in [5.41, 5.74) is -0.638. The molecule has 0 radical (unpaired) electrons. The number of halogens is 2. The molecule has 0 aromatic rings. The Balaban J connectivity index is 2.01. The number of piperazine rings is 1. The van der Waals surface area contributed by atoms with Crippen LogP contribution in [0.2, 0.25) is 0 Å². The van der Waals surface area contributed by atoms with E-state index in [1.165, 1.54) is 0 Å². The third-order valence-electron chi connectivity index (χ3n) is 4.45. The van der Waals surface area contributed by atoms with Crippen LogP contribution in [-0.4, -0.2) is 92.6 Å². The molecule has 0 aromatic heterocycles. The fourth-order valence-electron chi connectivity index (χ4n) is 2.84. The van der Waals surface area contributed by atoms with Crippen LogP contribution < -0.4 is 0 Å². The highest BCUT2D eigenvalue weighted by Gasteiger charge is 2.31. The Hall–Kier alpha value is -0.340. The van der Waals surface area contributed by atoms with Crippen molar-refractivity contribution < 1.29 is 23.0 Å². The molecule has 0 unspecified atom stereocenters. The van der Waals surface area contributed by atoms with Crippen molar-refractivity contribution in [3.05, 3.63) is 0 Å². The molecule has 1 heterocycles. The molecule has 1 aliphatic heterocycles. The maximum atomic E-state index is 13.7. The molecule has 1 aliphatic rings. The van der Waals surface area contributed by atoms with Gasteiger partial charge in [0.25, 0.3) is 5.92 Å². The van der Waals surface area contributed by atoms with Crippen LogP contribution in [0.15, 0.2) is 0 Å². The van der Waals surface area contributed by atoms with Gasteiger partial charge >= 0.3 is 0 Å². The van der Waals surface area contributed by atoms with Crippen molar-refractivity contribution in [3.8, 4) is 0 Å². The lowest BCUT2D eigenvalue weighted by molar-refractivity contribution is -0.152. The van der Waals surface area contributed by atoms with Crippen molar-refractivity contribution in [2.24, 2.45) is 0 Å². The predicted molar refractivity (Wildman–Crippen MR) is 109 cm³/mol. The van der Waals surface area contributed by atoms with Crippen LogP contribution >= 0.6 is 0 Å². The van der Waals surface area contributed by atoms with E-state index in [9.17, 15) is 8.78 Å². The fraction of sp³-hybridized carbons (Fsp3) is 1.00. The Morgan fingerprint density at radius 3 is 1.75 bits per heavy atom. The highest BCUT2D eigenvalue weighted by Crippen LogP contribution is 2.18. The van der Waals surface area contributed by atoms with Gasteiger partial charge in [0.15, 0.2) is 0 Å². The van der Waals surface area contributed by atoms with Gasteiger partial charge < -0.3 is 19.1 Å². The van der Waals surface area contributed by atoms with Gasteiger partial charge in [0.05, 0.1) is 17.8 Å². The van der Waals surface area contributed by atoms with Crippen LogP contribution in [-0.2, 0) is 14.2 Å². The summed E-state index contributed by atoms with van der Waals surface area (Å²) in [5, 5.41) is 0. The second-order valence-corrected chi connectivity index (χ2v) is 9.66. The van der Waals surface area contributed by atoms with Gasteiger partial charge in [-0.25, -0.2) is 8.78 Å². The normalized spacial score (nSPS) is 18.0. The molecule has 0 bridgehead atoms. The van der Waals surface area contributed by atoms with Crippen molar-refractivity contribution in [3.63, 3.8) is 0 Å². The Morgan fingerprint density at radius 2 is 1.21 bits per heavy atom. The average Bonchev–Trinajstić information content (AvgIpc) is 2.56. The van der Waals surface area contributed by atoms with Gasteiger partial charge in [-0.2, -0.15) is 0 Å². The molecule has 1 rings (SSSR count). The maximum Gasteiger partial charge on any atom is 0.293 e. The fourth-order valence-corrected chi connectivity index (χ4v) is 2.84. The van der Waals surface area contributed by atoms with Crippen LogP contribution in [0.5, 0.6) is 0 Å². The maximum absolute atomic E-state index is 13.7. The summed E-state index contributed by atoms with van der Waals surface area (Å²) < 4.78 is 43.5. The monoisotopic (exact) mass is 408 g/mol. The minimum atomic E-state index is -2.93. The summed E-state index contributed by atoms with van der Waals surface area (Å²) in [7, 11) is 0. The average molecular weight is 409 g/mol. The van der Waals surface area contributed by atoms with E-state index in [1.54, 1.807) is 20.8 Å². The number of unbranched alkanes of at least 4 members (excludes halogenated alkanes) is 1. The minimum Gasteiger partial charge on any atom is -0.375 e. The Kier molecular flexibility index (Phi) is 10.8. The minimum absolute atomic E-state index is 0.0759. The third kappa shape index (κ3) is 13.8. The van der Waals surface area contributed by atoms with E-state index in [2.05, 4.69) is 30.6 Å². The molecule has 5 nitrogen and oxygen atoms in total. The van der Waals surface area contributed by atoms with Gasteiger partial charge in [0.2, 0.25) is 0 Å². The first-order chi connectivity index (χ1) is 12.9. The summed E-state index contributed by atoms with van der Waals surface area (Å²) in [6.45, 7) is 17.7. The summed E-state index contributed by atoms with van der Waals surface area (Å²) >= 11 is 0. The molecule has 1 saturated heterocycles. The Morgan fingerprint density at radius 1 is 0.679 bits per heavy atom. The molecule has 0 N–H and O–H groups in total. The number of ether oxygens (including phenoxy) is 3. The summed E-state index contributed by atoms with van der Waals surface area (Å²) in [5.74, 6) is -2.93. The van der Waals surface area contributed by atoms with Gasteiger partial charge in [-0.1, -0.05) is 0 Å². The molecule has 7 heteroatoms. The van der Waals surface area contributed by atoms with Crippen LogP contribution in [0.1, 0.15) is 54.4 Å². The molecule has 1 fully saturated rings. The summed E-state index contributed by atoms with van der Waals surface area (Å²) in [6.07, 6.45) is 1.77. The lowest BCUT2D eigenvalue weighted by atomic mass is 10.2. The quantitative estimate of drug-likeness (QED) is 0.460. The van der Waals surface area contributed by atoms with E-state index in [1.807, 2.05) is 0 Å². The molecule has 168 valence electrons. The molecule has 0 amide bonds. The number of rotatable bonds is 12. The Bertz CT molecular complexity index is 415. The smallest absolute Gasteiger partial charge is 0.293 e. The predicted octanol–water partition coefficient (Wildman–Crippen LogP) is 3.67. The van der Waals surface area contributed by atoms with Gasteiger partial charge in [0, 0.05) is 39.3 Å². The molecule has 0 spiro atoms. The zero-order valence-electron chi connectivity index (χ0n) is 18.9. The van der Waals surface area contributed by atoms with E-state index >= 15 is 0 Å². The van der Waals surface area contributed by atoms with Crippen LogP contribution in [0.4, 0.5) is 8.78 Å². The van der Waals surface area contributed by atoms with E-state index in [0.717, 1.165) is 58.7 Å². The zero-order valence-corrected chi connectivity index (χ0v) is 18.9. The van der Waals surface area contributed by atoms with Gasteiger partial charge in [0.1, 0.15) is 13.2 Å². The first kappa shape index (κ1) is 25.7. The highest BCUT2D eigenvalue weighted by molar-refractivity contribution is 4.72. The Labute approximate surface area is 170 Å². The van der Waals surface area contributed by atoms with Gasteiger partial charge in [-0.3, -0.25) is 4.90 Å². The highest BCUT2D eigenvalue weighted by atomic mass is 19.3. The van der Waals surface area contributed by atoms with E-state index in [-0.39, 0.29) is 5.60 Å². The van der Waals surface area contributed by atoms with E-state index in [4.69, 9.17) is 14.2 Å². The standard InChI is InChI=1S/C21H42F2N2O3/c1-19(2,3)27-16-14-25-12-10-24(11-13-25)9-7-8-15-26-17-21(22,23)18-28-20(4,5)6/h7-18H2,1-6H3. The molecular formula is C21H42F2N2O3. The van der Waals surface area contributed by atoms with E-state index in [0.29, 0.717) is 6.61 Å². The van der Waals surface area contributed by atoms with Crippen molar-refractivity contribution in [2.75, 3.05) is 65.7 Å². The topological polar surface area (TPSA) is 34.2 Å². The lowest BCUT2D eigenvalue weighted by Gasteiger charge is -2.35. The van der Waals surface area contributed by atoms with Gasteiger partial charge in [-0.15, -0.1) is 0 Å². The van der Waals surface area contributed by atoms with Crippen molar-refractivity contribution in [2.45, 2.75) is 71.5 Å². The molecule has 28 heavy (non-hydrogen) atoms. The van der Waals surface area contributed by atoms with Gasteiger partial charge in [-0.05, 0) is 60.9 Å². The molecule has 0 atom stereocenters. The molecule has 0 aliphatic carbocycles. The molecule has 0 saturated carbocycles. The SMILES string of the molecule is CC(C)(C)OCCN1CCN(CCCCOCC(F)(F)COC(C)(C)C)CC1.